The zero-order valence-corrected chi connectivity index (χ0v) is 8.66. The summed E-state index contributed by atoms with van der Waals surface area (Å²) in [5.74, 6) is 0. The van der Waals surface area contributed by atoms with Gasteiger partial charge in [0.05, 0.1) is 12.5 Å². The van der Waals surface area contributed by atoms with E-state index >= 15 is 0 Å². The summed E-state index contributed by atoms with van der Waals surface area (Å²) in [4.78, 5) is 4.76. The van der Waals surface area contributed by atoms with Crippen molar-refractivity contribution in [1.29, 1.82) is 5.26 Å². The molecule has 0 saturated carbocycles. The molecule has 3 heteroatoms. The lowest BCUT2D eigenvalue weighted by atomic mass is 10.1. The number of hydrogen-bond donors (Lipinski definition) is 0. The average Bonchev–Trinajstić information content (AvgIpc) is 2.12. The van der Waals surface area contributed by atoms with Gasteiger partial charge in [0, 0.05) is 25.7 Å². The second-order valence-electron chi connectivity index (χ2n) is 3.80. The second-order valence-corrected chi connectivity index (χ2v) is 3.80. The number of hydrogen-bond acceptors (Lipinski definition) is 3. The summed E-state index contributed by atoms with van der Waals surface area (Å²) in [6, 6.07) is 2.71. The van der Waals surface area contributed by atoms with E-state index in [1.807, 2.05) is 0 Å². The third kappa shape index (κ3) is 2.98. The molecule has 1 atom stereocenters. The molecule has 1 heterocycles. The smallest absolute Gasteiger partial charge is 0.0638 e. The fourth-order valence-electron chi connectivity index (χ4n) is 1.86. The van der Waals surface area contributed by atoms with Crippen LogP contribution in [-0.4, -0.2) is 49.1 Å². The van der Waals surface area contributed by atoms with Gasteiger partial charge in [0.2, 0.25) is 0 Å². The lowest BCUT2D eigenvalue weighted by Gasteiger charge is -2.38. The van der Waals surface area contributed by atoms with Crippen LogP contribution in [0.15, 0.2) is 0 Å². The SMILES string of the molecule is CCCN1CCN(C)C(CC#N)C1. The highest BCUT2D eigenvalue weighted by atomic mass is 15.3. The van der Waals surface area contributed by atoms with E-state index in [4.69, 9.17) is 5.26 Å². The van der Waals surface area contributed by atoms with Gasteiger partial charge in [0.25, 0.3) is 0 Å². The van der Waals surface area contributed by atoms with Crippen LogP contribution in [0.2, 0.25) is 0 Å². The Morgan fingerprint density at radius 2 is 2.23 bits per heavy atom. The first-order chi connectivity index (χ1) is 6.27. The molecule has 1 fully saturated rings. The van der Waals surface area contributed by atoms with Crippen molar-refractivity contribution in [3.8, 4) is 6.07 Å². The minimum Gasteiger partial charge on any atom is -0.300 e. The van der Waals surface area contributed by atoms with Gasteiger partial charge in [-0.1, -0.05) is 6.92 Å². The van der Waals surface area contributed by atoms with E-state index in [1.165, 1.54) is 13.0 Å². The Morgan fingerprint density at radius 1 is 1.46 bits per heavy atom. The molecule has 0 amide bonds. The Hall–Kier alpha value is -0.590. The number of nitriles is 1. The van der Waals surface area contributed by atoms with E-state index in [9.17, 15) is 0 Å². The van der Waals surface area contributed by atoms with Crippen LogP contribution in [0.4, 0.5) is 0 Å². The van der Waals surface area contributed by atoms with Gasteiger partial charge in [0.1, 0.15) is 0 Å². The molecule has 0 aromatic carbocycles. The van der Waals surface area contributed by atoms with Gasteiger partial charge in [-0.25, -0.2) is 0 Å². The van der Waals surface area contributed by atoms with E-state index in [0.29, 0.717) is 12.5 Å². The molecule has 74 valence electrons. The number of likely N-dealkylation sites (N-methyl/N-ethyl adjacent to an activating group) is 1. The average molecular weight is 181 g/mol. The van der Waals surface area contributed by atoms with Gasteiger partial charge in [-0.2, -0.15) is 5.26 Å². The standard InChI is InChI=1S/C10H19N3/c1-3-6-13-8-7-12(2)10(9-13)4-5-11/h10H,3-4,6-9H2,1-2H3. The van der Waals surface area contributed by atoms with Crippen molar-refractivity contribution in [2.24, 2.45) is 0 Å². The fourth-order valence-corrected chi connectivity index (χ4v) is 1.86. The third-order valence-corrected chi connectivity index (χ3v) is 2.73. The second kappa shape index (κ2) is 5.21. The van der Waals surface area contributed by atoms with Crippen LogP contribution in [0.25, 0.3) is 0 Å². The molecule has 0 radical (unpaired) electrons. The van der Waals surface area contributed by atoms with Crippen molar-refractivity contribution in [3.05, 3.63) is 0 Å². The number of nitrogens with zero attached hydrogens (tertiary/aromatic N) is 3. The van der Waals surface area contributed by atoms with Crippen LogP contribution in [0, 0.1) is 11.3 Å². The van der Waals surface area contributed by atoms with E-state index in [0.717, 1.165) is 19.6 Å². The Balaban J connectivity index is 2.39. The maximum atomic E-state index is 8.66. The third-order valence-electron chi connectivity index (χ3n) is 2.73. The summed E-state index contributed by atoms with van der Waals surface area (Å²) >= 11 is 0. The molecule has 1 unspecified atom stereocenters. The molecule has 1 rings (SSSR count). The lowest BCUT2D eigenvalue weighted by Crippen LogP contribution is -2.51. The van der Waals surface area contributed by atoms with Crippen molar-refractivity contribution in [1.82, 2.24) is 9.80 Å². The van der Waals surface area contributed by atoms with Gasteiger partial charge in [-0.05, 0) is 20.0 Å². The van der Waals surface area contributed by atoms with E-state index in [2.05, 4.69) is 29.8 Å². The first-order valence-corrected chi connectivity index (χ1v) is 5.07. The number of rotatable bonds is 3. The van der Waals surface area contributed by atoms with Crippen LogP contribution < -0.4 is 0 Å². The molecule has 0 N–H and O–H groups in total. The molecule has 0 aromatic heterocycles. The van der Waals surface area contributed by atoms with Crippen molar-refractivity contribution < 1.29 is 0 Å². The summed E-state index contributed by atoms with van der Waals surface area (Å²) in [6.07, 6.45) is 1.87. The monoisotopic (exact) mass is 181 g/mol. The minimum absolute atomic E-state index is 0.449. The highest BCUT2D eigenvalue weighted by molar-refractivity contribution is 4.87. The molecule has 0 bridgehead atoms. The Bertz CT molecular complexity index is 185. The Kier molecular flexibility index (Phi) is 4.20. The van der Waals surface area contributed by atoms with Gasteiger partial charge in [-0.15, -0.1) is 0 Å². The van der Waals surface area contributed by atoms with Crippen LogP contribution >= 0.6 is 0 Å². The summed E-state index contributed by atoms with van der Waals surface area (Å²) in [5, 5.41) is 8.66. The summed E-state index contributed by atoms with van der Waals surface area (Å²) in [6.45, 7) is 6.71. The molecule has 1 aliphatic heterocycles. The van der Waals surface area contributed by atoms with Crippen LogP contribution in [-0.2, 0) is 0 Å². The van der Waals surface area contributed by atoms with Crippen molar-refractivity contribution in [2.75, 3.05) is 33.2 Å². The molecule has 1 saturated heterocycles. The summed E-state index contributed by atoms with van der Waals surface area (Å²) in [5.41, 5.74) is 0. The zero-order valence-electron chi connectivity index (χ0n) is 8.66. The molecule has 1 aliphatic rings. The molecule has 13 heavy (non-hydrogen) atoms. The van der Waals surface area contributed by atoms with Crippen molar-refractivity contribution in [2.45, 2.75) is 25.8 Å². The predicted molar refractivity (Wildman–Crippen MR) is 53.4 cm³/mol. The molecule has 3 nitrogen and oxygen atoms in total. The largest absolute Gasteiger partial charge is 0.300 e. The van der Waals surface area contributed by atoms with Crippen molar-refractivity contribution >= 4 is 0 Å². The first kappa shape index (κ1) is 10.5. The first-order valence-electron chi connectivity index (χ1n) is 5.07. The topological polar surface area (TPSA) is 30.3 Å². The van der Waals surface area contributed by atoms with Gasteiger partial charge in [-0.3, -0.25) is 4.90 Å². The normalized spacial score (nSPS) is 25.8. The van der Waals surface area contributed by atoms with Crippen LogP contribution in [0.5, 0.6) is 0 Å². The highest BCUT2D eigenvalue weighted by Crippen LogP contribution is 2.10. The highest BCUT2D eigenvalue weighted by Gasteiger charge is 2.22. The quantitative estimate of drug-likeness (QED) is 0.649. The number of piperazine rings is 1. The van der Waals surface area contributed by atoms with Gasteiger partial charge >= 0.3 is 0 Å². The lowest BCUT2D eigenvalue weighted by molar-refractivity contribution is 0.0979. The Labute approximate surface area is 80.9 Å². The maximum absolute atomic E-state index is 8.66. The molecular weight excluding hydrogens is 162 g/mol. The summed E-state index contributed by atoms with van der Waals surface area (Å²) in [7, 11) is 2.12. The predicted octanol–water partition coefficient (Wildman–Crippen LogP) is 0.926. The Morgan fingerprint density at radius 3 is 2.85 bits per heavy atom. The van der Waals surface area contributed by atoms with Crippen LogP contribution in [0.1, 0.15) is 19.8 Å². The minimum atomic E-state index is 0.449. The van der Waals surface area contributed by atoms with E-state index < -0.39 is 0 Å². The zero-order chi connectivity index (χ0) is 9.68. The molecule has 0 aliphatic carbocycles. The maximum Gasteiger partial charge on any atom is 0.0638 e. The van der Waals surface area contributed by atoms with Crippen molar-refractivity contribution in [3.63, 3.8) is 0 Å². The fraction of sp³-hybridized carbons (Fsp3) is 0.900. The van der Waals surface area contributed by atoms with Gasteiger partial charge in [0.15, 0.2) is 0 Å². The molecular formula is C10H19N3. The van der Waals surface area contributed by atoms with E-state index in [-0.39, 0.29) is 0 Å². The molecule has 0 spiro atoms. The summed E-state index contributed by atoms with van der Waals surface area (Å²) < 4.78 is 0. The molecule has 0 aromatic rings. The van der Waals surface area contributed by atoms with Gasteiger partial charge < -0.3 is 4.90 Å². The van der Waals surface area contributed by atoms with Crippen LogP contribution in [0.3, 0.4) is 0 Å². The van der Waals surface area contributed by atoms with E-state index in [1.54, 1.807) is 0 Å².